The van der Waals surface area contributed by atoms with Crippen LogP contribution in [0.5, 0.6) is 0 Å². The number of rotatable bonds is 3. The first-order valence-corrected chi connectivity index (χ1v) is 8.00. The third-order valence-electron chi connectivity index (χ3n) is 3.86. The van der Waals surface area contributed by atoms with Crippen molar-refractivity contribution in [1.82, 2.24) is 10.3 Å². The molecule has 1 heterocycles. The van der Waals surface area contributed by atoms with Gasteiger partial charge < -0.3 is 9.73 Å². The second-order valence-corrected chi connectivity index (χ2v) is 6.46. The van der Waals surface area contributed by atoms with Crippen LogP contribution in [0.4, 0.5) is 0 Å². The molecule has 2 atom stereocenters. The van der Waals surface area contributed by atoms with Crippen LogP contribution in [0.25, 0.3) is 0 Å². The first-order chi connectivity index (χ1) is 9.78. The molecule has 1 aromatic carbocycles. The summed E-state index contributed by atoms with van der Waals surface area (Å²) in [7, 11) is 2.04. The Balaban J connectivity index is 1.87. The molecule has 4 heteroatoms. The van der Waals surface area contributed by atoms with E-state index in [2.05, 4.69) is 34.6 Å². The fourth-order valence-corrected chi connectivity index (χ4v) is 4.17. The largest absolute Gasteiger partial charge is 0.440 e. The van der Waals surface area contributed by atoms with E-state index in [1.165, 1.54) is 24.0 Å². The average molecular weight is 288 g/mol. The molecule has 2 unspecified atom stereocenters. The quantitative estimate of drug-likeness (QED) is 0.873. The van der Waals surface area contributed by atoms with Crippen molar-refractivity contribution in [3.63, 3.8) is 0 Å². The van der Waals surface area contributed by atoms with Gasteiger partial charge in [-0.05, 0) is 44.4 Å². The van der Waals surface area contributed by atoms with Gasteiger partial charge in [0.05, 0.1) is 5.69 Å². The number of aromatic nitrogens is 1. The van der Waals surface area contributed by atoms with Crippen molar-refractivity contribution in [3.8, 4) is 0 Å². The zero-order valence-corrected chi connectivity index (χ0v) is 12.7. The van der Waals surface area contributed by atoms with E-state index in [9.17, 15) is 0 Å². The molecule has 0 bridgehead atoms. The molecule has 2 aromatic rings. The van der Waals surface area contributed by atoms with Crippen LogP contribution >= 0.6 is 11.8 Å². The Morgan fingerprint density at radius 3 is 2.95 bits per heavy atom. The molecule has 0 spiro atoms. The van der Waals surface area contributed by atoms with Crippen LogP contribution in [0.15, 0.2) is 40.2 Å². The molecule has 3 nitrogen and oxygen atoms in total. The van der Waals surface area contributed by atoms with E-state index in [1.54, 1.807) is 18.0 Å². The number of hydrogen-bond donors (Lipinski definition) is 1. The number of hydrogen-bond acceptors (Lipinski definition) is 4. The average Bonchev–Trinajstić information content (AvgIpc) is 2.78. The summed E-state index contributed by atoms with van der Waals surface area (Å²) < 4.78 is 5.51. The molecule has 0 radical (unpaired) electrons. The summed E-state index contributed by atoms with van der Waals surface area (Å²) >= 11 is 1.75. The molecule has 0 saturated carbocycles. The SMILES string of the molecule is CNC1c2ccccc2CCCC1Sc1nc(C)co1. The predicted molar refractivity (Wildman–Crippen MR) is 82.1 cm³/mol. The maximum Gasteiger partial charge on any atom is 0.256 e. The van der Waals surface area contributed by atoms with Gasteiger partial charge in [0.25, 0.3) is 5.22 Å². The lowest BCUT2D eigenvalue weighted by Gasteiger charge is -2.24. The van der Waals surface area contributed by atoms with Crippen molar-refractivity contribution in [2.75, 3.05) is 7.05 Å². The van der Waals surface area contributed by atoms with E-state index in [0.29, 0.717) is 11.3 Å². The van der Waals surface area contributed by atoms with Gasteiger partial charge in [-0.3, -0.25) is 0 Å². The molecule has 0 fully saturated rings. The number of thioether (sulfide) groups is 1. The lowest BCUT2D eigenvalue weighted by molar-refractivity contribution is 0.448. The Bertz CT molecular complexity index is 581. The first kappa shape index (κ1) is 13.7. The van der Waals surface area contributed by atoms with E-state index >= 15 is 0 Å². The maximum absolute atomic E-state index is 5.51. The topological polar surface area (TPSA) is 38.1 Å². The van der Waals surface area contributed by atoms with E-state index in [1.807, 2.05) is 14.0 Å². The standard InChI is InChI=1S/C16H20N2OS/c1-11-10-19-16(18-11)20-14-9-5-7-12-6-3-4-8-13(12)15(14)17-2/h3-4,6,8,10,14-15,17H,5,7,9H2,1-2H3. The Labute approximate surface area is 124 Å². The normalized spacial score (nSPS) is 22.3. The van der Waals surface area contributed by atoms with Crippen LogP contribution in [-0.2, 0) is 6.42 Å². The highest BCUT2D eigenvalue weighted by Crippen LogP contribution is 2.38. The molecular formula is C16H20N2OS. The minimum absolute atomic E-state index is 0.353. The van der Waals surface area contributed by atoms with Crippen molar-refractivity contribution in [1.29, 1.82) is 0 Å². The lowest BCUT2D eigenvalue weighted by atomic mass is 9.99. The van der Waals surface area contributed by atoms with E-state index in [-0.39, 0.29) is 0 Å². The molecule has 0 amide bonds. The number of fused-ring (bicyclic) bond motifs is 1. The highest BCUT2D eigenvalue weighted by Gasteiger charge is 2.28. The van der Waals surface area contributed by atoms with Crippen molar-refractivity contribution >= 4 is 11.8 Å². The van der Waals surface area contributed by atoms with Gasteiger partial charge >= 0.3 is 0 Å². The van der Waals surface area contributed by atoms with Crippen LogP contribution < -0.4 is 5.32 Å². The second-order valence-electron chi connectivity index (χ2n) is 5.27. The summed E-state index contributed by atoms with van der Waals surface area (Å²) in [6, 6.07) is 9.12. The summed E-state index contributed by atoms with van der Waals surface area (Å²) in [5.74, 6) is 0. The van der Waals surface area contributed by atoms with E-state index < -0.39 is 0 Å². The summed E-state index contributed by atoms with van der Waals surface area (Å²) in [5, 5.41) is 4.73. The molecule has 1 aliphatic rings. The van der Waals surface area contributed by atoms with Gasteiger partial charge in [-0.15, -0.1) is 0 Å². The monoisotopic (exact) mass is 288 g/mol. The predicted octanol–water partition coefficient (Wildman–Crippen LogP) is 3.74. The number of nitrogens with zero attached hydrogens (tertiary/aromatic N) is 1. The van der Waals surface area contributed by atoms with Gasteiger partial charge in [-0.1, -0.05) is 36.0 Å². The van der Waals surface area contributed by atoms with Crippen LogP contribution in [0.2, 0.25) is 0 Å². The smallest absolute Gasteiger partial charge is 0.256 e. The van der Waals surface area contributed by atoms with Crippen molar-refractivity contribution in [2.45, 2.75) is 42.7 Å². The maximum atomic E-state index is 5.51. The zero-order valence-electron chi connectivity index (χ0n) is 11.9. The van der Waals surface area contributed by atoms with Crippen LogP contribution in [0, 0.1) is 6.92 Å². The summed E-state index contributed by atoms with van der Waals surface area (Å²) in [5.41, 5.74) is 3.84. The molecular weight excluding hydrogens is 268 g/mol. The van der Waals surface area contributed by atoms with Crippen molar-refractivity contribution in [3.05, 3.63) is 47.3 Å². The third-order valence-corrected chi connectivity index (χ3v) is 5.06. The Morgan fingerprint density at radius 2 is 2.20 bits per heavy atom. The van der Waals surface area contributed by atoms with Crippen LogP contribution in [0.3, 0.4) is 0 Å². The fourth-order valence-electron chi connectivity index (χ4n) is 2.91. The molecule has 20 heavy (non-hydrogen) atoms. The molecule has 1 aliphatic carbocycles. The third kappa shape index (κ3) is 2.76. The molecule has 3 rings (SSSR count). The Hall–Kier alpha value is -1.26. The summed E-state index contributed by atoms with van der Waals surface area (Å²) in [6.07, 6.45) is 5.27. The van der Waals surface area contributed by atoms with Gasteiger partial charge in [-0.2, -0.15) is 0 Å². The zero-order chi connectivity index (χ0) is 13.9. The fraction of sp³-hybridized carbons (Fsp3) is 0.438. The van der Waals surface area contributed by atoms with E-state index in [4.69, 9.17) is 4.42 Å². The number of aryl methyl sites for hydroxylation is 2. The van der Waals surface area contributed by atoms with Gasteiger partial charge in [0.1, 0.15) is 6.26 Å². The van der Waals surface area contributed by atoms with Crippen molar-refractivity contribution < 1.29 is 4.42 Å². The molecule has 1 N–H and O–H groups in total. The first-order valence-electron chi connectivity index (χ1n) is 7.12. The number of benzene rings is 1. The minimum atomic E-state index is 0.353. The van der Waals surface area contributed by atoms with Crippen LogP contribution in [0.1, 0.15) is 35.7 Å². The van der Waals surface area contributed by atoms with Crippen LogP contribution in [-0.4, -0.2) is 17.3 Å². The molecule has 106 valence electrons. The minimum Gasteiger partial charge on any atom is -0.440 e. The summed E-state index contributed by atoms with van der Waals surface area (Å²) in [4.78, 5) is 4.43. The second kappa shape index (κ2) is 6.02. The Morgan fingerprint density at radius 1 is 1.35 bits per heavy atom. The lowest BCUT2D eigenvalue weighted by Crippen LogP contribution is -2.27. The van der Waals surface area contributed by atoms with Gasteiger partial charge in [0.15, 0.2) is 0 Å². The molecule has 0 aliphatic heterocycles. The molecule has 0 saturated heterocycles. The van der Waals surface area contributed by atoms with E-state index in [0.717, 1.165) is 17.3 Å². The van der Waals surface area contributed by atoms with Gasteiger partial charge in [0.2, 0.25) is 0 Å². The van der Waals surface area contributed by atoms with Gasteiger partial charge in [0, 0.05) is 11.3 Å². The summed E-state index contributed by atoms with van der Waals surface area (Å²) in [6.45, 7) is 1.96. The number of oxazole rings is 1. The Kier molecular flexibility index (Phi) is 4.13. The van der Waals surface area contributed by atoms with Gasteiger partial charge in [-0.25, -0.2) is 4.98 Å². The highest BCUT2D eigenvalue weighted by molar-refractivity contribution is 7.99. The number of nitrogens with one attached hydrogen (secondary N) is 1. The highest BCUT2D eigenvalue weighted by atomic mass is 32.2. The molecule has 1 aromatic heterocycles. The van der Waals surface area contributed by atoms with Crippen molar-refractivity contribution in [2.24, 2.45) is 0 Å².